The number of nitro groups is 1. The number of rotatable bonds is 3. The fourth-order valence-electron chi connectivity index (χ4n) is 2.43. The van der Waals surface area contributed by atoms with Crippen molar-refractivity contribution < 1.29 is 14.4 Å². The number of benzene rings is 1. The smallest absolute Gasteiger partial charge is 0.313 e. The maximum absolute atomic E-state index is 11.1. The van der Waals surface area contributed by atoms with Crippen LogP contribution in [0.1, 0.15) is 11.3 Å². The second-order valence-corrected chi connectivity index (χ2v) is 4.64. The molecule has 1 aliphatic heterocycles. The summed E-state index contributed by atoms with van der Waals surface area (Å²) in [6.07, 6.45) is 0.666. The van der Waals surface area contributed by atoms with Gasteiger partial charge in [0.05, 0.1) is 36.6 Å². The lowest BCUT2D eigenvalue weighted by molar-refractivity contribution is -0.385. The fourth-order valence-corrected chi connectivity index (χ4v) is 2.43. The van der Waals surface area contributed by atoms with Crippen LogP contribution in [0.2, 0.25) is 0 Å². The molecule has 2 heterocycles. The van der Waals surface area contributed by atoms with Crippen LogP contribution in [-0.2, 0) is 17.8 Å². The molecule has 0 amide bonds. The molecule has 8 heteroatoms. The largest absolute Gasteiger partial charge is 0.490 e. The van der Waals surface area contributed by atoms with Gasteiger partial charge in [-0.15, -0.1) is 0 Å². The number of hydrogen-bond acceptors (Lipinski definition) is 6. The highest BCUT2D eigenvalue weighted by atomic mass is 16.6. The molecule has 0 fully saturated rings. The van der Waals surface area contributed by atoms with Crippen molar-refractivity contribution in [2.24, 2.45) is 0 Å². The summed E-state index contributed by atoms with van der Waals surface area (Å²) < 4.78 is 12.0. The summed E-state index contributed by atoms with van der Waals surface area (Å²) in [5.41, 5.74) is 8.13. The van der Waals surface area contributed by atoms with Gasteiger partial charge >= 0.3 is 5.69 Å². The maximum Gasteiger partial charge on any atom is 0.313 e. The maximum atomic E-state index is 11.1. The number of hydrogen-bond donors (Lipinski definition) is 1. The molecule has 2 aromatic rings. The molecule has 0 atom stereocenters. The third-order valence-corrected chi connectivity index (χ3v) is 3.45. The van der Waals surface area contributed by atoms with Crippen LogP contribution in [0.5, 0.6) is 5.75 Å². The van der Waals surface area contributed by atoms with Crippen molar-refractivity contribution in [3.05, 3.63) is 39.6 Å². The highest BCUT2D eigenvalue weighted by molar-refractivity contribution is 5.55. The fraction of sp³-hybridized carbons (Fsp3) is 0.308. The number of ether oxygens (including phenoxy) is 2. The molecule has 1 aromatic carbocycles. The van der Waals surface area contributed by atoms with Crippen molar-refractivity contribution in [2.45, 2.75) is 13.0 Å². The number of anilines is 1. The molecule has 0 saturated heterocycles. The first-order valence-electron chi connectivity index (χ1n) is 6.38. The van der Waals surface area contributed by atoms with Crippen LogP contribution in [-0.4, -0.2) is 28.4 Å². The molecule has 0 spiro atoms. The van der Waals surface area contributed by atoms with Gasteiger partial charge in [-0.1, -0.05) is 0 Å². The van der Waals surface area contributed by atoms with Crippen LogP contribution in [0.15, 0.2) is 18.2 Å². The van der Waals surface area contributed by atoms with Gasteiger partial charge in [0, 0.05) is 18.1 Å². The van der Waals surface area contributed by atoms with Gasteiger partial charge in [-0.3, -0.25) is 10.1 Å². The summed E-state index contributed by atoms with van der Waals surface area (Å²) in [5, 5.41) is 15.4. The number of aromatic nitrogens is 2. The van der Waals surface area contributed by atoms with Gasteiger partial charge in [0.25, 0.3) is 0 Å². The lowest BCUT2D eigenvalue weighted by atomic mass is 10.1. The molecule has 3 rings (SSSR count). The van der Waals surface area contributed by atoms with E-state index in [4.69, 9.17) is 15.2 Å². The van der Waals surface area contributed by atoms with E-state index in [1.165, 1.54) is 13.2 Å². The first-order valence-corrected chi connectivity index (χ1v) is 6.38. The summed E-state index contributed by atoms with van der Waals surface area (Å²) in [5.74, 6) is 0.601. The summed E-state index contributed by atoms with van der Waals surface area (Å²) in [7, 11) is 1.40. The Morgan fingerprint density at radius 2 is 2.33 bits per heavy atom. The summed E-state index contributed by atoms with van der Waals surface area (Å²) in [6.45, 7) is 0.996. The first-order chi connectivity index (χ1) is 10.1. The molecule has 0 aliphatic carbocycles. The minimum atomic E-state index is -0.481. The van der Waals surface area contributed by atoms with E-state index in [1.807, 2.05) is 0 Å². The third-order valence-electron chi connectivity index (χ3n) is 3.45. The predicted octanol–water partition coefficient (Wildman–Crippen LogP) is 1.44. The van der Waals surface area contributed by atoms with Crippen molar-refractivity contribution in [3.8, 4) is 11.4 Å². The van der Waals surface area contributed by atoms with E-state index in [9.17, 15) is 10.1 Å². The molecule has 1 aromatic heterocycles. The van der Waals surface area contributed by atoms with Gasteiger partial charge in [-0.2, -0.15) is 5.10 Å². The van der Waals surface area contributed by atoms with E-state index in [0.717, 1.165) is 11.3 Å². The standard InChI is InChI=1S/C13H14N4O4/c1-20-12-3-2-8(6-11(12)17(18)19)16-10-4-5-21-7-9(10)13(14)15-16/h2-3,6H,4-5,7H2,1H3,(H2,14,15). The van der Waals surface area contributed by atoms with Crippen molar-refractivity contribution >= 4 is 11.5 Å². The summed E-state index contributed by atoms with van der Waals surface area (Å²) >= 11 is 0. The molecule has 110 valence electrons. The van der Waals surface area contributed by atoms with Gasteiger partial charge in [0.2, 0.25) is 0 Å². The predicted molar refractivity (Wildman–Crippen MR) is 74.5 cm³/mol. The number of methoxy groups -OCH3 is 1. The Hall–Kier alpha value is -2.61. The zero-order chi connectivity index (χ0) is 15.0. The van der Waals surface area contributed by atoms with Crippen LogP contribution in [0.25, 0.3) is 5.69 Å². The van der Waals surface area contributed by atoms with E-state index < -0.39 is 4.92 Å². The Labute approximate surface area is 120 Å². The zero-order valence-corrected chi connectivity index (χ0v) is 11.4. The molecule has 0 radical (unpaired) electrons. The second kappa shape index (κ2) is 5.06. The van der Waals surface area contributed by atoms with E-state index in [2.05, 4.69) is 5.10 Å². The Bertz CT molecular complexity index is 710. The first kappa shape index (κ1) is 13.4. The van der Waals surface area contributed by atoms with Crippen LogP contribution in [0, 0.1) is 10.1 Å². The van der Waals surface area contributed by atoms with Crippen molar-refractivity contribution in [1.29, 1.82) is 0 Å². The normalized spacial score (nSPS) is 13.8. The Morgan fingerprint density at radius 3 is 3.05 bits per heavy atom. The molecular weight excluding hydrogens is 276 g/mol. The molecule has 0 bridgehead atoms. The Kier molecular flexibility index (Phi) is 3.22. The quantitative estimate of drug-likeness (QED) is 0.677. The number of nitro benzene ring substituents is 1. The zero-order valence-electron chi connectivity index (χ0n) is 11.4. The number of nitrogens with two attached hydrogens (primary N) is 1. The lowest BCUT2D eigenvalue weighted by Crippen LogP contribution is -2.13. The number of fused-ring (bicyclic) bond motifs is 1. The molecule has 0 unspecified atom stereocenters. The minimum Gasteiger partial charge on any atom is -0.490 e. The molecular formula is C13H14N4O4. The summed E-state index contributed by atoms with van der Waals surface area (Å²) in [4.78, 5) is 10.6. The number of nitrogen functional groups attached to an aromatic ring is 1. The topological polar surface area (TPSA) is 105 Å². The average molecular weight is 290 g/mol. The highest BCUT2D eigenvalue weighted by Crippen LogP contribution is 2.31. The van der Waals surface area contributed by atoms with Gasteiger partial charge < -0.3 is 15.2 Å². The van der Waals surface area contributed by atoms with Crippen LogP contribution >= 0.6 is 0 Å². The average Bonchev–Trinajstić information content (AvgIpc) is 2.84. The van der Waals surface area contributed by atoms with Crippen LogP contribution in [0.3, 0.4) is 0 Å². The minimum absolute atomic E-state index is 0.107. The SMILES string of the molecule is COc1ccc(-n2nc(N)c3c2CCOC3)cc1[N+](=O)[O-]. The van der Waals surface area contributed by atoms with E-state index in [-0.39, 0.29) is 11.4 Å². The highest BCUT2D eigenvalue weighted by Gasteiger charge is 2.23. The second-order valence-electron chi connectivity index (χ2n) is 4.64. The molecule has 21 heavy (non-hydrogen) atoms. The van der Waals surface area contributed by atoms with E-state index in [0.29, 0.717) is 31.1 Å². The Morgan fingerprint density at radius 1 is 1.52 bits per heavy atom. The monoisotopic (exact) mass is 290 g/mol. The lowest BCUT2D eigenvalue weighted by Gasteiger charge is -2.14. The van der Waals surface area contributed by atoms with E-state index in [1.54, 1.807) is 16.8 Å². The van der Waals surface area contributed by atoms with Gasteiger partial charge in [-0.05, 0) is 12.1 Å². The van der Waals surface area contributed by atoms with Crippen molar-refractivity contribution in [3.63, 3.8) is 0 Å². The van der Waals surface area contributed by atoms with Gasteiger partial charge in [-0.25, -0.2) is 4.68 Å². The molecule has 2 N–H and O–H groups in total. The van der Waals surface area contributed by atoms with Crippen molar-refractivity contribution in [1.82, 2.24) is 9.78 Å². The summed E-state index contributed by atoms with van der Waals surface area (Å²) in [6, 6.07) is 4.70. The van der Waals surface area contributed by atoms with Crippen LogP contribution in [0.4, 0.5) is 11.5 Å². The van der Waals surface area contributed by atoms with Crippen molar-refractivity contribution in [2.75, 3.05) is 19.5 Å². The number of nitrogens with zero attached hydrogens (tertiary/aromatic N) is 3. The van der Waals surface area contributed by atoms with E-state index >= 15 is 0 Å². The molecule has 1 aliphatic rings. The van der Waals surface area contributed by atoms with Crippen LogP contribution < -0.4 is 10.5 Å². The molecule has 0 saturated carbocycles. The van der Waals surface area contributed by atoms with Gasteiger partial charge in [0.1, 0.15) is 0 Å². The third kappa shape index (κ3) is 2.19. The van der Waals surface area contributed by atoms with Gasteiger partial charge in [0.15, 0.2) is 11.6 Å². The molecule has 8 nitrogen and oxygen atoms in total. The Balaban J connectivity index is 2.13.